The van der Waals surface area contributed by atoms with E-state index < -0.39 is 0 Å². The second-order valence-corrected chi connectivity index (χ2v) is 3.47. The van der Waals surface area contributed by atoms with E-state index in [1.807, 2.05) is 13.8 Å². The van der Waals surface area contributed by atoms with Crippen LogP contribution in [0.5, 0.6) is 0 Å². The molecule has 0 spiro atoms. The average molecular weight is 229 g/mol. The minimum absolute atomic E-state index is 0.108. The van der Waals surface area contributed by atoms with Gasteiger partial charge in [0.25, 0.3) is 0 Å². The number of aromatic nitrogens is 2. The van der Waals surface area contributed by atoms with Crippen LogP contribution in [0.4, 0.5) is 5.82 Å². The molecule has 0 saturated heterocycles. The normalized spacial score (nSPS) is 9.87. The number of hydrogen-bond acceptors (Lipinski definition) is 4. The van der Waals surface area contributed by atoms with Crippen molar-refractivity contribution in [1.29, 1.82) is 0 Å². The summed E-state index contributed by atoms with van der Waals surface area (Å²) in [5.41, 5.74) is 1.77. The number of nitrogens with zero attached hydrogens (tertiary/aromatic N) is 2. The van der Waals surface area contributed by atoms with E-state index in [0.29, 0.717) is 11.0 Å². The number of rotatable bonds is 3. The van der Waals surface area contributed by atoms with Crippen LogP contribution in [0.3, 0.4) is 0 Å². The van der Waals surface area contributed by atoms with Gasteiger partial charge in [0.05, 0.1) is 6.54 Å². The third-order valence-corrected chi connectivity index (χ3v) is 2.52. The summed E-state index contributed by atoms with van der Waals surface area (Å²) in [5.74, 6) is 0.476. The maximum absolute atomic E-state index is 11.0. The molecule has 5 nitrogen and oxygen atoms in total. The lowest BCUT2D eigenvalue weighted by Gasteiger charge is -2.09. The Morgan fingerprint density at radius 2 is 2.00 bits per heavy atom. The van der Waals surface area contributed by atoms with E-state index in [9.17, 15) is 4.79 Å². The van der Waals surface area contributed by atoms with Crippen LogP contribution in [0.2, 0.25) is 5.15 Å². The van der Waals surface area contributed by atoms with Crippen molar-refractivity contribution in [3.63, 3.8) is 0 Å². The fraction of sp³-hybridized carbons (Fsp3) is 0.444. The van der Waals surface area contributed by atoms with Crippen molar-refractivity contribution in [2.24, 2.45) is 0 Å². The summed E-state index contributed by atoms with van der Waals surface area (Å²) in [4.78, 5) is 11.0. The molecule has 1 amide bonds. The number of halogens is 1. The van der Waals surface area contributed by atoms with Crippen molar-refractivity contribution >= 4 is 23.3 Å². The van der Waals surface area contributed by atoms with Crippen molar-refractivity contribution in [3.8, 4) is 0 Å². The highest BCUT2D eigenvalue weighted by atomic mass is 35.5. The molecule has 0 aliphatic rings. The lowest BCUT2D eigenvalue weighted by molar-refractivity contribution is -0.118. The van der Waals surface area contributed by atoms with Gasteiger partial charge in [-0.2, -0.15) is 0 Å². The molecule has 0 atom stereocenters. The third kappa shape index (κ3) is 2.79. The molecule has 0 aliphatic carbocycles. The predicted octanol–water partition coefficient (Wildman–Crippen LogP) is 0.905. The molecule has 0 fully saturated rings. The number of carbonyl (C=O) groups is 1. The summed E-state index contributed by atoms with van der Waals surface area (Å²) in [5, 5.41) is 13.4. The van der Waals surface area contributed by atoms with Crippen LogP contribution in [-0.2, 0) is 4.79 Å². The predicted molar refractivity (Wildman–Crippen MR) is 59.1 cm³/mol. The molecule has 1 aromatic heterocycles. The van der Waals surface area contributed by atoms with E-state index in [1.165, 1.54) is 0 Å². The Balaban J connectivity index is 2.78. The van der Waals surface area contributed by atoms with Crippen molar-refractivity contribution in [2.75, 3.05) is 18.9 Å². The highest BCUT2D eigenvalue weighted by Crippen LogP contribution is 2.19. The van der Waals surface area contributed by atoms with Crippen LogP contribution in [0.1, 0.15) is 11.1 Å². The number of likely N-dealkylation sites (N-methyl/N-ethyl adjacent to an activating group) is 1. The topological polar surface area (TPSA) is 66.9 Å². The Bertz CT molecular complexity index is 381. The number of carbonyl (C=O) groups excluding carboxylic acids is 1. The highest BCUT2D eigenvalue weighted by Gasteiger charge is 2.08. The summed E-state index contributed by atoms with van der Waals surface area (Å²) in [7, 11) is 1.58. The quantitative estimate of drug-likeness (QED) is 0.807. The van der Waals surface area contributed by atoms with Gasteiger partial charge in [0.2, 0.25) is 5.91 Å². The van der Waals surface area contributed by atoms with Crippen LogP contribution in [0.15, 0.2) is 0 Å². The van der Waals surface area contributed by atoms with E-state index in [0.717, 1.165) is 11.1 Å². The fourth-order valence-corrected chi connectivity index (χ4v) is 1.18. The first-order valence-corrected chi connectivity index (χ1v) is 4.88. The molecule has 0 aliphatic heterocycles. The van der Waals surface area contributed by atoms with Crippen molar-refractivity contribution in [1.82, 2.24) is 15.5 Å². The van der Waals surface area contributed by atoms with Gasteiger partial charge in [-0.25, -0.2) is 0 Å². The van der Waals surface area contributed by atoms with Gasteiger partial charge in [0, 0.05) is 7.05 Å². The number of amides is 1. The van der Waals surface area contributed by atoms with Crippen molar-refractivity contribution in [3.05, 3.63) is 16.3 Å². The lowest BCUT2D eigenvalue weighted by atomic mass is 10.2. The standard InChI is InChI=1S/C9H13ClN4O/c1-5-6(2)9(14-13-8(5)10)12-4-7(15)11-3/h4H2,1-3H3,(H,11,15)(H,12,14). The first-order valence-electron chi connectivity index (χ1n) is 4.50. The lowest BCUT2D eigenvalue weighted by Crippen LogP contribution is -2.26. The number of hydrogen-bond donors (Lipinski definition) is 2. The van der Waals surface area contributed by atoms with Crippen LogP contribution in [0, 0.1) is 13.8 Å². The van der Waals surface area contributed by atoms with E-state index in [2.05, 4.69) is 20.8 Å². The zero-order valence-corrected chi connectivity index (χ0v) is 9.64. The average Bonchev–Trinajstić information content (AvgIpc) is 2.24. The van der Waals surface area contributed by atoms with E-state index in [-0.39, 0.29) is 12.5 Å². The van der Waals surface area contributed by atoms with Crippen LogP contribution >= 0.6 is 11.6 Å². The Morgan fingerprint density at radius 1 is 1.33 bits per heavy atom. The zero-order valence-electron chi connectivity index (χ0n) is 8.89. The molecule has 0 radical (unpaired) electrons. The summed E-state index contributed by atoms with van der Waals surface area (Å²) in [6.07, 6.45) is 0. The monoisotopic (exact) mass is 228 g/mol. The molecule has 82 valence electrons. The molecule has 0 unspecified atom stereocenters. The Morgan fingerprint density at radius 3 is 2.60 bits per heavy atom. The van der Waals surface area contributed by atoms with Crippen molar-refractivity contribution < 1.29 is 4.79 Å². The largest absolute Gasteiger partial charge is 0.359 e. The van der Waals surface area contributed by atoms with Crippen LogP contribution < -0.4 is 10.6 Å². The Hall–Kier alpha value is -1.36. The second-order valence-electron chi connectivity index (χ2n) is 3.12. The van der Waals surface area contributed by atoms with Gasteiger partial charge in [-0.3, -0.25) is 4.79 Å². The molecule has 0 aromatic carbocycles. The molecule has 15 heavy (non-hydrogen) atoms. The first kappa shape index (κ1) is 11.7. The Labute approximate surface area is 93.2 Å². The van der Waals surface area contributed by atoms with Gasteiger partial charge in [-0.05, 0) is 25.0 Å². The third-order valence-electron chi connectivity index (χ3n) is 2.16. The fourth-order valence-electron chi connectivity index (χ4n) is 0.997. The minimum Gasteiger partial charge on any atom is -0.359 e. The minimum atomic E-state index is -0.108. The Kier molecular flexibility index (Phi) is 3.85. The molecular formula is C9H13ClN4O. The SMILES string of the molecule is CNC(=O)CNc1nnc(Cl)c(C)c1C. The van der Waals surface area contributed by atoms with Gasteiger partial charge in [0.1, 0.15) is 0 Å². The molecule has 1 rings (SSSR count). The maximum Gasteiger partial charge on any atom is 0.239 e. The maximum atomic E-state index is 11.0. The number of nitrogens with one attached hydrogen (secondary N) is 2. The van der Waals surface area contributed by atoms with Gasteiger partial charge < -0.3 is 10.6 Å². The highest BCUT2D eigenvalue weighted by molar-refractivity contribution is 6.30. The van der Waals surface area contributed by atoms with Crippen molar-refractivity contribution in [2.45, 2.75) is 13.8 Å². The summed E-state index contributed by atoms with van der Waals surface area (Å²) in [6.45, 7) is 3.91. The molecule has 0 saturated carbocycles. The number of anilines is 1. The van der Waals surface area contributed by atoms with Crippen LogP contribution in [0.25, 0.3) is 0 Å². The van der Waals surface area contributed by atoms with Gasteiger partial charge in [-0.1, -0.05) is 11.6 Å². The van der Waals surface area contributed by atoms with Crippen LogP contribution in [-0.4, -0.2) is 29.7 Å². The second kappa shape index (κ2) is 4.93. The van der Waals surface area contributed by atoms with E-state index in [1.54, 1.807) is 7.05 Å². The van der Waals surface area contributed by atoms with E-state index in [4.69, 9.17) is 11.6 Å². The molecule has 6 heteroatoms. The van der Waals surface area contributed by atoms with E-state index >= 15 is 0 Å². The molecule has 2 N–H and O–H groups in total. The molecule has 1 aromatic rings. The van der Waals surface area contributed by atoms with Gasteiger partial charge in [-0.15, -0.1) is 10.2 Å². The summed E-state index contributed by atoms with van der Waals surface area (Å²) in [6, 6.07) is 0. The summed E-state index contributed by atoms with van der Waals surface area (Å²) < 4.78 is 0. The van der Waals surface area contributed by atoms with Gasteiger partial charge in [0.15, 0.2) is 11.0 Å². The zero-order chi connectivity index (χ0) is 11.4. The van der Waals surface area contributed by atoms with Gasteiger partial charge >= 0.3 is 0 Å². The first-order chi connectivity index (χ1) is 7.06. The smallest absolute Gasteiger partial charge is 0.239 e. The summed E-state index contributed by atoms with van der Waals surface area (Å²) >= 11 is 5.80. The molecular weight excluding hydrogens is 216 g/mol. The molecule has 1 heterocycles. The molecule has 0 bridgehead atoms.